The van der Waals surface area contributed by atoms with Crippen molar-refractivity contribution >= 4 is 11.5 Å². The largest absolute Gasteiger partial charge is 0.355 e. The third-order valence-electron chi connectivity index (χ3n) is 3.49. The Morgan fingerprint density at radius 1 is 1.33 bits per heavy atom. The highest BCUT2D eigenvalue weighted by Crippen LogP contribution is 2.21. The van der Waals surface area contributed by atoms with Crippen molar-refractivity contribution in [3.8, 4) is 0 Å². The van der Waals surface area contributed by atoms with Gasteiger partial charge in [0.05, 0.1) is 5.69 Å². The summed E-state index contributed by atoms with van der Waals surface area (Å²) in [6, 6.07) is 6.32. The molecule has 96 valence electrons. The molecule has 4 heteroatoms. The molecule has 1 N–H and O–H groups in total. The van der Waals surface area contributed by atoms with E-state index < -0.39 is 0 Å². The van der Waals surface area contributed by atoms with Crippen LogP contribution in [0.1, 0.15) is 19.5 Å². The lowest BCUT2D eigenvalue weighted by molar-refractivity contribution is 0.351. The summed E-state index contributed by atoms with van der Waals surface area (Å²) in [5, 5.41) is 3.54. The molecule has 1 fully saturated rings. The second-order valence-corrected chi connectivity index (χ2v) is 5.73. The Kier molecular flexibility index (Phi) is 2.55. The summed E-state index contributed by atoms with van der Waals surface area (Å²) < 4.78 is 2.19. The van der Waals surface area contributed by atoms with Crippen molar-refractivity contribution in [2.24, 2.45) is 0 Å². The molecule has 2 aromatic heterocycles. The number of aryl methyl sites for hydroxylation is 1. The zero-order chi connectivity index (χ0) is 12.8. The number of hydrogen-bond donors (Lipinski definition) is 1. The maximum atomic E-state index is 4.53. The summed E-state index contributed by atoms with van der Waals surface area (Å²) >= 11 is 0. The molecule has 2 aromatic rings. The van der Waals surface area contributed by atoms with Crippen LogP contribution in [0.15, 0.2) is 24.4 Å². The van der Waals surface area contributed by atoms with Gasteiger partial charge < -0.3 is 10.2 Å². The monoisotopic (exact) mass is 244 g/mol. The maximum absolute atomic E-state index is 4.53. The van der Waals surface area contributed by atoms with Crippen LogP contribution in [0.25, 0.3) is 5.65 Å². The van der Waals surface area contributed by atoms with E-state index in [-0.39, 0.29) is 5.54 Å². The number of rotatable bonds is 1. The highest BCUT2D eigenvalue weighted by atomic mass is 15.3. The van der Waals surface area contributed by atoms with Gasteiger partial charge in [-0.05, 0) is 32.9 Å². The van der Waals surface area contributed by atoms with E-state index in [0.29, 0.717) is 0 Å². The van der Waals surface area contributed by atoms with E-state index in [2.05, 4.69) is 57.8 Å². The molecule has 1 saturated heterocycles. The quantitative estimate of drug-likeness (QED) is 0.830. The lowest BCUT2D eigenvalue weighted by Gasteiger charge is -2.40. The number of pyridine rings is 1. The summed E-state index contributed by atoms with van der Waals surface area (Å²) in [5.74, 6) is 1.24. The first-order valence-corrected chi connectivity index (χ1v) is 6.50. The second-order valence-electron chi connectivity index (χ2n) is 5.73. The van der Waals surface area contributed by atoms with Crippen LogP contribution in [0.5, 0.6) is 0 Å². The third-order valence-corrected chi connectivity index (χ3v) is 3.49. The molecule has 0 saturated carbocycles. The van der Waals surface area contributed by atoms with Crippen LogP contribution >= 0.6 is 0 Å². The molecule has 0 spiro atoms. The van der Waals surface area contributed by atoms with Crippen LogP contribution in [0.4, 0.5) is 5.82 Å². The summed E-state index contributed by atoms with van der Waals surface area (Å²) in [5.41, 5.74) is 2.26. The van der Waals surface area contributed by atoms with Gasteiger partial charge in [0.1, 0.15) is 11.5 Å². The third kappa shape index (κ3) is 1.97. The lowest BCUT2D eigenvalue weighted by Crippen LogP contribution is -2.57. The van der Waals surface area contributed by atoms with Gasteiger partial charge in [0.25, 0.3) is 0 Å². The fourth-order valence-corrected chi connectivity index (χ4v) is 2.71. The maximum Gasteiger partial charge on any atom is 0.138 e. The predicted octanol–water partition coefficient (Wildman–Crippen LogP) is 1.83. The van der Waals surface area contributed by atoms with Crippen molar-refractivity contribution in [1.82, 2.24) is 14.7 Å². The highest BCUT2D eigenvalue weighted by Gasteiger charge is 2.26. The van der Waals surface area contributed by atoms with Crippen molar-refractivity contribution in [3.05, 3.63) is 30.1 Å². The second kappa shape index (κ2) is 3.99. The van der Waals surface area contributed by atoms with Gasteiger partial charge in [-0.15, -0.1) is 0 Å². The van der Waals surface area contributed by atoms with Gasteiger partial charge in [-0.3, -0.25) is 4.40 Å². The lowest BCUT2D eigenvalue weighted by atomic mass is 10.0. The van der Waals surface area contributed by atoms with E-state index in [0.717, 1.165) is 31.0 Å². The van der Waals surface area contributed by atoms with Crippen LogP contribution in [0.3, 0.4) is 0 Å². The van der Waals surface area contributed by atoms with Gasteiger partial charge >= 0.3 is 0 Å². The van der Waals surface area contributed by atoms with Gasteiger partial charge in [-0.1, -0.05) is 6.07 Å². The number of anilines is 1. The summed E-state index contributed by atoms with van der Waals surface area (Å²) in [4.78, 5) is 6.96. The molecule has 0 radical (unpaired) electrons. The average molecular weight is 244 g/mol. The SMILES string of the molecule is Cc1cn2c(N3CCNC(C)(C)C3)cccc2n1. The number of piperazine rings is 1. The van der Waals surface area contributed by atoms with Crippen LogP contribution in [0.2, 0.25) is 0 Å². The van der Waals surface area contributed by atoms with Crippen molar-refractivity contribution in [1.29, 1.82) is 0 Å². The van der Waals surface area contributed by atoms with Crippen LogP contribution in [0, 0.1) is 6.92 Å². The Morgan fingerprint density at radius 3 is 2.94 bits per heavy atom. The molecule has 0 aromatic carbocycles. The first-order valence-electron chi connectivity index (χ1n) is 6.50. The zero-order valence-electron chi connectivity index (χ0n) is 11.3. The summed E-state index contributed by atoms with van der Waals surface area (Å²) in [7, 11) is 0. The number of imidazole rings is 1. The van der Waals surface area contributed by atoms with E-state index in [9.17, 15) is 0 Å². The molecular weight excluding hydrogens is 224 g/mol. The van der Waals surface area contributed by atoms with Gasteiger partial charge in [0.15, 0.2) is 0 Å². The van der Waals surface area contributed by atoms with E-state index in [1.165, 1.54) is 5.82 Å². The summed E-state index contributed by atoms with van der Waals surface area (Å²) in [6.07, 6.45) is 2.11. The molecule has 18 heavy (non-hydrogen) atoms. The van der Waals surface area contributed by atoms with Crippen LogP contribution < -0.4 is 10.2 Å². The first kappa shape index (κ1) is 11.5. The minimum atomic E-state index is 0.163. The van der Waals surface area contributed by atoms with E-state index in [1.54, 1.807) is 0 Å². The standard InChI is InChI=1S/C14H20N4/c1-11-9-18-12(16-11)5-4-6-13(18)17-8-7-15-14(2,3)10-17/h4-6,9,15H,7-8,10H2,1-3H3. The molecular formula is C14H20N4. The Morgan fingerprint density at radius 2 is 2.17 bits per heavy atom. The normalized spacial score (nSPS) is 19.4. The van der Waals surface area contributed by atoms with Gasteiger partial charge in [0, 0.05) is 31.4 Å². The number of nitrogens with one attached hydrogen (secondary N) is 1. The Labute approximate surface area is 108 Å². The molecule has 0 atom stereocenters. The minimum absolute atomic E-state index is 0.163. The molecule has 0 unspecified atom stereocenters. The Hall–Kier alpha value is -1.55. The molecule has 3 rings (SSSR count). The van der Waals surface area contributed by atoms with Crippen molar-refractivity contribution in [3.63, 3.8) is 0 Å². The number of fused-ring (bicyclic) bond motifs is 1. The van der Waals surface area contributed by atoms with E-state index in [4.69, 9.17) is 0 Å². The Balaban J connectivity index is 2.03. The molecule has 0 aliphatic carbocycles. The zero-order valence-corrected chi connectivity index (χ0v) is 11.3. The topological polar surface area (TPSA) is 32.6 Å². The molecule has 4 nitrogen and oxygen atoms in total. The number of aromatic nitrogens is 2. The van der Waals surface area contributed by atoms with E-state index in [1.807, 2.05) is 6.92 Å². The van der Waals surface area contributed by atoms with Crippen LogP contribution in [-0.4, -0.2) is 34.6 Å². The number of hydrogen-bond acceptors (Lipinski definition) is 3. The average Bonchev–Trinajstić information content (AvgIpc) is 2.67. The van der Waals surface area contributed by atoms with Gasteiger partial charge in [-0.25, -0.2) is 4.98 Å². The van der Waals surface area contributed by atoms with Crippen molar-refractivity contribution in [2.45, 2.75) is 26.3 Å². The van der Waals surface area contributed by atoms with Gasteiger partial charge in [0.2, 0.25) is 0 Å². The smallest absolute Gasteiger partial charge is 0.138 e. The van der Waals surface area contributed by atoms with Crippen LogP contribution in [-0.2, 0) is 0 Å². The Bertz CT molecular complexity index is 570. The van der Waals surface area contributed by atoms with E-state index >= 15 is 0 Å². The van der Waals surface area contributed by atoms with Crippen molar-refractivity contribution < 1.29 is 0 Å². The van der Waals surface area contributed by atoms with Crippen molar-refractivity contribution in [2.75, 3.05) is 24.5 Å². The molecule has 1 aliphatic heterocycles. The molecule has 0 bridgehead atoms. The first-order chi connectivity index (χ1) is 8.55. The fraction of sp³-hybridized carbons (Fsp3) is 0.500. The molecule has 0 amide bonds. The minimum Gasteiger partial charge on any atom is -0.355 e. The van der Waals surface area contributed by atoms with Gasteiger partial charge in [-0.2, -0.15) is 0 Å². The highest BCUT2D eigenvalue weighted by molar-refractivity contribution is 5.53. The summed E-state index contributed by atoms with van der Waals surface area (Å²) in [6.45, 7) is 9.62. The molecule has 1 aliphatic rings. The molecule has 3 heterocycles. The predicted molar refractivity (Wildman–Crippen MR) is 74.2 cm³/mol. The fourth-order valence-electron chi connectivity index (χ4n) is 2.71. The number of nitrogens with zero attached hydrogens (tertiary/aromatic N) is 3.